The minimum Gasteiger partial charge on any atom is -0.266 e. The molecule has 0 bridgehead atoms. The molecular formula is C4H7F3O3S. The average molecular weight is 192 g/mol. The summed E-state index contributed by atoms with van der Waals surface area (Å²) in [5, 5.41) is 0. The summed E-state index contributed by atoms with van der Waals surface area (Å²) in [6.07, 6.45) is -2.42. The van der Waals surface area contributed by atoms with Crippen molar-refractivity contribution >= 4 is 11.0 Å². The fourth-order valence-corrected chi connectivity index (χ4v) is 0.531. The summed E-state index contributed by atoms with van der Waals surface area (Å²) < 4.78 is 59.0. The molecule has 0 spiro atoms. The molecule has 7 heteroatoms. The van der Waals surface area contributed by atoms with Gasteiger partial charge in [0, 0.05) is 0 Å². The van der Waals surface area contributed by atoms with Gasteiger partial charge in [0.2, 0.25) is 0 Å². The summed E-state index contributed by atoms with van der Waals surface area (Å²) in [4.78, 5) is 0. The summed E-state index contributed by atoms with van der Waals surface area (Å²) in [6.45, 7) is -0.815. The van der Waals surface area contributed by atoms with Crippen LogP contribution >= 0.6 is 0 Å². The van der Waals surface area contributed by atoms with Crippen molar-refractivity contribution in [3.05, 3.63) is 0 Å². The molecule has 0 heterocycles. The molecule has 0 N–H and O–H groups in total. The van der Waals surface area contributed by atoms with Crippen LogP contribution in [0.4, 0.5) is 13.2 Å². The van der Waals surface area contributed by atoms with E-state index in [4.69, 9.17) is 0 Å². The van der Waals surface area contributed by atoms with Crippen molar-refractivity contribution in [2.24, 2.45) is 0 Å². The van der Waals surface area contributed by atoms with E-state index in [9.17, 15) is 21.6 Å². The number of thiol groups is 1. The van der Waals surface area contributed by atoms with Crippen molar-refractivity contribution in [1.82, 2.24) is 0 Å². The van der Waals surface area contributed by atoms with E-state index < -0.39 is 29.7 Å². The van der Waals surface area contributed by atoms with Crippen LogP contribution < -0.4 is 0 Å². The zero-order valence-corrected chi connectivity index (χ0v) is 6.48. The van der Waals surface area contributed by atoms with Crippen LogP contribution in [0.5, 0.6) is 0 Å². The number of halogens is 3. The molecule has 1 atom stereocenters. The summed E-state index contributed by atoms with van der Waals surface area (Å²) >= 11 is 0. The molecule has 1 unspecified atom stereocenters. The number of hydrogen-bond donors (Lipinski definition) is 1. The molecule has 0 rings (SSSR count). The van der Waals surface area contributed by atoms with Crippen LogP contribution in [0.25, 0.3) is 0 Å². The first-order chi connectivity index (χ1) is 4.86. The van der Waals surface area contributed by atoms with Crippen LogP contribution in [0.1, 0.15) is 6.92 Å². The maximum absolute atomic E-state index is 12.1. The molecule has 0 amide bonds. The van der Waals surface area contributed by atoms with Crippen LogP contribution in [0.3, 0.4) is 0 Å². The molecule has 0 aliphatic rings. The second-order valence-electron chi connectivity index (χ2n) is 1.87. The lowest BCUT2D eigenvalue weighted by Gasteiger charge is -2.14. The third kappa shape index (κ3) is 4.20. The van der Waals surface area contributed by atoms with Crippen molar-refractivity contribution in [2.75, 3.05) is 6.61 Å². The van der Waals surface area contributed by atoms with Crippen LogP contribution in [-0.2, 0) is 15.2 Å². The Bertz CT molecular complexity index is 181. The molecule has 0 aliphatic carbocycles. The first-order valence-corrected chi connectivity index (χ1v) is 3.75. The molecule has 0 radical (unpaired) electrons. The van der Waals surface area contributed by atoms with Gasteiger partial charge in [-0.1, -0.05) is 0 Å². The van der Waals surface area contributed by atoms with Crippen LogP contribution in [-0.4, -0.2) is 27.1 Å². The topological polar surface area (TPSA) is 43.4 Å². The lowest BCUT2D eigenvalue weighted by molar-refractivity contribution is -0.0920. The summed E-state index contributed by atoms with van der Waals surface area (Å²) in [6, 6.07) is 0. The van der Waals surface area contributed by atoms with Crippen LogP contribution in [0, 0.1) is 0 Å². The molecule has 0 aliphatic heterocycles. The van der Waals surface area contributed by atoms with Gasteiger partial charge in [-0.3, -0.25) is 4.18 Å². The Balaban J connectivity index is 3.92. The zero-order chi connectivity index (χ0) is 9.07. The van der Waals surface area contributed by atoms with Crippen molar-refractivity contribution in [3.63, 3.8) is 0 Å². The van der Waals surface area contributed by atoms with E-state index in [1.54, 1.807) is 0 Å². The SMILES string of the molecule is CC(F)C(F)(F)CO[SH](=O)=O. The third-order valence-corrected chi connectivity index (χ3v) is 1.28. The highest BCUT2D eigenvalue weighted by molar-refractivity contribution is 7.67. The van der Waals surface area contributed by atoms with Gasteiger partial charge in [0.25, 0.3) is 11.0 Å². The molecule has 11 heavy (non-hydrogen) atoms. The second-order valence-corrected chi connectivity index (χ2v) is 2.58. The van der Waals surface area contributed by atoms with Gasteiger partial charge in [0.1, 0.15) is 6.61 Å². The first-order valence-electron chi connectivity index (χ1n) is 2.65. The predicted molar refractivity (Wildman–Crippen MR) is 31.8 cm³/mol. The Hall–Kier alpha value is -0.300. The van der Waals surface area contributed by atoms with Gasteiger partial charge in [-0.15, -0.1) is 0 Å². The van der Waals surface area contributed by atoms with Crippen LogP contribution in [0.15, 0.2) is 0 Å². The lowest BCUT2D eigenvalue weighted by Crippen LogP contribution is -2.32. The normalized spacial score (nSPS) is 15.4. The molecular weight excluding hydrogens is 185 g/mol. The minimum atomic E-state index is -3.74. The van der Waals surface area contributed by atoms with E-state index >= 15 is 0 Å². The Kier molecular flexibility index (Phi) is 3.81. The quantitative estimate of drug-likeness (QED) is 0.660. The molecule has 0 saturated heterocycles. The second kappa shape index (κ2) is 3.91. The van der Waals surface area contributed by atoms with E-state index in [0.717, 1.165) is 0 Å². The molecule has 68 valence electrons. The first kappa shape index (κ1) is 10.7. The Morgan fingerprint density at radius 2 is 2.00 bits per heavy atom. The number of alkyl halides is 3. The standard InChI is InChI=1S/C4H7F3O3S/c1-3(5)4(6,7)2-10-11(8)9/h3,11H,2H2,1H3. The fourth-order valence-electron chi connectivity index (χ4n) is 0.254. The van der Waals surface area contributed by atoms with Gasteiger partial charge in [-0.2, -0.15) is 0 Å². The van der Waals surface area contributed by atoms with E-state index in [-0.39, 0.29) is 0 Å². The van der Waals surface area contributed by atoms with Gasteiger partial charge in [0.15, 0.2) is 6.17 Å². The summed E-state index contributed by atoms with van der Waals surface area (Å²) in [7, 11) is -3.34. The molecule has 0 saturated carbocycles. The van der Waals surface area contributed by atoms with Gasteiger partial charge < -0.3 is 0 Å². The van der Waals surface area contributed by atoms with E-state index in [1.807, 2.05) is 0 Å². The Labute approximate surface area is 63.3 Å². The monoisotopic (exact) mass is 192 g/mol. The van der Waals surface area contributed by atoms with Gasteiger partial charge in [-0.25, -0.2) is 21.6 Å². The minimum absolute atomic E-state index is 0.626. The highest BCUT2D eigenvalue weighted by atomic mass is 32.2. The number of rotatable bonds is 4. The molecule has 0 fully saturated rings. The fraction of sp³-hybridized carbons (Fsp3) is 1.00. The summed E-state index contributed by atoms with van der Waals surface area (Å²) in [5.74, 6) is -3.74. The molecule has 0 aromatic heterocycles. The van der Waals surface area contributed by atoms with Gasteiger partial charge >= 0.3 is 5.92 Å². The smallest absolute Gasteiger partial charge is 0.266 e. The van der Waals surface area contributed by atoms with Crippen molar-refractivity contribution < 1.29 is 25.8 Å². The third-order valence-electron chi connectivity index (χ3n) is 0.944. The maximum atomic E-state index is 12.1. The van der Waals surface area contributed by atoms with E-state index in [0.29, 0.717) is 6.92 Å². The Morgan fingerprint density at radius 3 is 2.27 bits per heavy atom. The highest BCUT2D eigenvalue weighted by Crippen LogP contribution is 2.21. The molecule has 3 nitrogen and oxygen atoms in total. The van der Waals surface area contributed by atoms with Gasteiger partial charge in [0.05, 0.1) is 0 Å². The number of hydrogen-bond acceptors (Lipinski definition) is 3. The lowest BCUT2D eigenvalue weighted by atomic mass is 10.2. The Morgan fingerprint density at radius 1 is 1.55 bits per heavy atom. The molecule has 0 aromatic carbocycles. The van der Waals surface area contributed by atoms with Crippen molar-refractivity contribution in [1.29, 1.82) is 0 Å². The van der Waals surface area contributed by atoms with Gasteiger partial charge in [-0.05, 0) is 6.92 Å². The average Bonchev–Trinajstić information content (AvgIpc) is 1.84. The molecule has 0 aromatic rings. The largest absolute Gasteiger partial charge is 0.302 e. The van der Waals surface area contributed by atoms with Crippen molar-refractivity contribution in [3.8, 4) is 0 Å². The van der Waals surface area contributed by atoms with Crippen LogP contribution in [0.2, 0.25) is 0 Å². The van der Waals surface area contributed by atoms with E-state index in [2.05, 4.69) is 4.18 Å². The maximum Gasteiger partial charge on any atom is 0.302 e. The van der Waals surface area contributed by atoms with E-state index in [1.165, 1.54) is 0 Å². The highest BCUT2D eigenvalue weighted by Gasteiger charge is 2.37. The van der Waals surface area contributed by atoms with Crippen molar-refractivity contribution in [2.45, 2.75) is 19.0 Å². The zero-order valence-electron chi connectivity index (χ0n) is 5.59. The predicted octanol–water partition coefficient (Wildman–Crippen LogP) is 0.523. The summed E-state index contributed by atoms with van der Waals surface area (Å²) in [5.41, 5.74) is 0.